The van der Waals surface area contributed by atoms with E-state index in [1.807, 2.05) is 49.4 Å². The topological polar surface area (TPSA) is 79.0 Å². The van der Waals surface area contributed by atoms with Crippen LogP contribution in [0.3, 0.4) is 0 Å². The van der Waals surface area contributed by atoms with Gasteiger partial charge in [-0.3, -0.25) is 14.4 Å². The van der Waals surface area contributed by atoms with E-state index in [1.165, 1.54) is 0 Å². The average molecular weight is 421 g/mol. The van der Waals surface area contributed by atoms with Crippen LogP contribution in [-0.2, 0) is 20.8 Å². The van der Waals surface area contributed by atoms with Gasteiger partial charge in [0, 0.05) is 37.8 Å². The first-order valence-electron chi connectivity index (χ1n) is 10.5. The predicted octanol–water partition coefficient (Wildman–Crippen LogP) is 2.83. The fourth-order valence-corrected chi connectivity index (χ4v) is 4.32. The zero-order valence-electron chi connectivity index (χ0n) is 18.1. The van der Waals surface area contributed by atoms with Crippen LogP contribution in [0.1, 0.15) is 37.4 Å². The third-order valence-corrected chi connectivity index (χ3v) is 6.12. The van der Waals surface area contributed by atoms with E-state index in [9.17, 15) is 14.4 Å². The molecule has 7 heteroatoms. The number of fused-ring (bicyclic) bond motifs is 1. The lowest BCUT2D eigenvalue weighted by atomic mass is 10.0. The summed E-state index contributed by atoms with van der Waals surface area (Å²) in [7, 11) is 1.61. The Morgan fingerprint density at radius 3 is 2.58 bits per heavy atom. The van der Waals surface area contributed by atoms with Gasteiger partial charge in [-0.1, -0.05) is 12.1 Å². The van der Waals surface area contributed by atoms with Crippen LogP contribution in [0.4, 0.5) is 11.4 Å². The maximum absolute atomic E-state index is 12.8. The second-order valence-corrected chi connectivity index (χ2v) is 8.14. The molecule has 2 aromatic carbocycles. The second-order valence-electron chi connectivity index (χ2n) is 8.14. The summed E-state index contributed by atoms with van der Waals surface area (Å²) in [5, 5.41) is 3.03. The van der Waals surface area contributed by atoms with Gasteiger partial charge in [0.25, 0.3) is 0 Å². The molecule has 0 spiro atoms. The van der Waals surface area contributed by atoms with E-state index < -0.39 is 5.92 Å². The number of rotatable bonds is 5. The lowest BCUT2D eigenvalue weighted by molar-refractivity contribution is -0.126. The van der Waals surface area contributed by atoms with E-state index in [2.05, 4.69) is 5.32 Å². The molecular weight excluding hydrogens is 394 g/mol. The maximum Gasteiger partial charge on any atom is 0.227 e. The molecule has 31 heavy (non-hydrogen) atoms. The van der Waals surface area contributed by atoms with Crippen molar-refractivity contribution in [2.45, 2.75) is 32.7 Å². The smallest absolute Gasteiger partial charge is 0.227 e. The molecular formula is C24H27N3O4. The SMILES string of the molecule is COc1ccc([C@@H](C)NC(=O)[C@H]2CC(=O)N(c3ccc4c(c3)CCN4C(C)=O)C2)cc1. The average Bonchev–Trinajstić information content (AvgIpc) is 3.36. The maximum atomic E-state index is 12.8. The molecule has 0 unspecified atom stereocenters. The van der Waals surface area contributed by atoms with Gasteiger partial charge in [0.05, 0.1) is 19.1 Å². The third kappa shape index (κ3) is 4.13. The summed E-state index contributed by atoms with van der Waals surface area (Å²) in [5.74, 6) is 0.211. The quantitative estimate of drug-likeness (QED) is 0.805. The Labute approximate surface area is 182 Å². The predicted molar refractivity (Wildman–Crippen MR) is 118 cm³/mol. The van der Waals surface area contributed by atoms with Crippen LogP contribution in [-0.4, -0.2) is 37.9 Å². The Balaban J connectivity index is 1.42. The molecule has 0 bridgehead atoms. The van der Waals surface area contributed by atoms with E-state index in [-0.39, 0.29) is 30.2 Å². The van der Waals surface area contributed by atoms with Crippen LogP contribution in [0, 0.1) is 5.92 Å². The van der Waals surface area contributed by atoms with Crippen LogP contribution in [0.2, 0.25) is 0 Å². The van der Waals surface area contributed by atoms with Crippen LogP contribution in [0.15, 0.2) is 42.5 Å². The standard InChI is InChI=1S/C24H27N3O4/c1-15(17-4-7-21(31-3)8-5-17)25-24(30)19-13-23(29)27(14-19)20-6-9-22-18(12-20)10-11-26(22)16(2)28/h4-9,12,15,19H,10-11,13-14H2,1-3H3,(H,25,30)/t15-,19+/m1/s1. The van der Waals surface area contributed by atoms with E-state index >= 15 is 0 Å². The Morgan fingerprint density at radius 1 is 1.16 bits per heavy atom. The number of nitrogens with one attached hydrogen (secondary N) is 1. The third-order valence-electron chi connectivity index (χ3n) is 6.12. The van der Waals surface area contributed by atoms with Crippen molar-refractivity contribution >= 4 is 29.1 Å². The highest BCUT2D eigenvalue weighted by Gasteiger charge is 2.36. The second kappa shape index (κ2) is 8.41. The normalized spacial score (nSPS) is 18.7. The molecule has 2 heterocycles. The minimum absolute atomic E-state index is 0.0199. The molecule has 2 aliphatic rings. The molecule has 0 saturated carbocycles. The van der Waals surface area contributed by atoms with E-state index in [1.54, 1.807) is 23.8 Å². The molecule has 0 aromatic heterocycles. The monoisotopic (exact) mass is 421 g/mol. The van der Waals surface area contributed by atoms with Gasteiger partial charge >= 0.3 is 0 Å². The summed E-state index contributed by atoms with van der Waals surface area (Å²) in [6.45, 7) is 4.50. The number of anilines is 2. The molecule has 4 rings (SSSR count). The zero-order valence-corrected chi connectivity index (χ0v) is 18.1. The van der Waals surface area contributed by atoms with E-state index in [4.69, 9.17) is 4.74 Å². The molecule has 0 radical (unpaired) electrons. The highest BCUT2D eigenvalue weighted by atomic mass is 16.5. The minimum atomic E-state index is -0.393. The van der Waals surface area contributed by atoms with E-state index in [0.717, 1.165) is 34.7 Å². The summed E-state index contributed by atoms with van der Waals surface area (Å²) in [6.07, 6.45) is 0.964. The van der Waals surface area contributed by atoms with Gasteiger partial charge in [0.15, 0.2) is 0 Å². The summed E-state index contributed by atoms with van der Waals surface area (Å²) in [6, 6.07) is 13.1. The van der Waals surface area contributed by atoms with Gasteiger partial charge < -0.3 is 19.9 Å². The fraction of sp³-hybridized carbons (Fsp3) is 0.375. The summed E-state index contributed by atoms with van der Waals surface area (Å²) in [5.41, 5.74) is 3.73. The van der Waals surface area contributed by atoms with Crippen LogP contribution in [0.25, 0.3) is 0 Å². The lowest BCUT2D eigenvalue weighted by Crippen LogP contribution is -2.34. The molecule has 2 atom stereocenters. The van der Waals surface area contributed by atoms with Gasteiger partial charge in [-0.05, 0) is 54.8 Å². The van der Waals surface area contributed by atoms with Gasteiger partial charge in [0.2, 0.25) is 17.7 Å². The van der Waals surface area contributed by atoms with Gasteiger partial charge in [-0.25, -0.2) is 0 Å². The van der Waals surface area contributed by atoms with Crippen LogP contribution in [0.5, 0.6) is 5.75 Å². The molecule has 0 aliphatic carbocycles. The fourth-order valence-electron chi connectivity index (χ4n) is 4.32. The summed E-state index contributed by atoms with van der Waals surface area (Å²) < 4.78 is 5.17. The molecule has 7 nitrogen and oxygen atoms in total. The van der Waals surface area contributed by atoms with Gasteiger partial charge in [-0.15, -0.1) is 0 Å². The summed E-state index contributed by atoms with van der Waals surface area (Å²) in [4.78, 5) is 40.7. The molecule has 2 aliphatic heterocycles. The highest BCUT2D eigenvalue weighted by Crippen LogP contribution is 2.34. The van der Waals surface area contributed by atoms with E-state index in [0.29, 0.717) is 13.1 Å². The number of carbonyl (C=O) groups excluding carboxylic acids is 3. The Morgan fingerprint density at radius 2 is 1.90 bits per heavy atom. The molecule has 3 amide bonds. The van der Waals surface area contributed by atoms with Crippen molar-refractivity contribution in [3.05, 3.63) is 53.6 Å². The number of hydrogen-bond acceptors (Lipinski definition) is 4. The number of benzene rings is 2. The van der Waals surface area contributed by atoms with Crippen molar-refractivity contribution in [1.29, 1.82) is 0 Å². The van der Waals surface area contributed by atoms with Crippen molar-refractivity contribution in [1.82, 2.24) is 5.32 Å². The minimum Gasteiger partial charge on any atom is -0.497 e. The number of carbonyl (C=O) groups is 3. The Kier molecular flexibility index (Phi) is 5.67. The summed E-state index contributed by atoms with van der Waals surface area (Å²) >= 11 is 0. The van der Waals surface area contributed by atoms with Crippen LogP contribution < -0.4 is 19.9 Å². The lowest BCUT2D eigenvalue weighted by Gasteiger charge is -2.20. The zero-order chi connectivity index (χ0) is 22.1. The van der Waals surface area contributed by atoms with Crippen molar-refractivity contribution < 1.29 is 19.1 Å². The van der Waals surface area contributed by atoms with Crippen molar-refractivity contribution in [3.8, 4) is 5.75 Å². The number of methoxy groups -OCH3 is 1. The first-order valence-corrected chi connectivity index (χ1v) is 10.5. The molecule has 162 valence electrons. The molecule has 2 aromatic rings. The van der Waals surface area contributed by atoms with Crippen molar-refractivity contribution in [3.63, 3.8) is 0 Å². The van der Waals surface area contributed by atoms with Gasteiger partial charge in [0.1, 0.15) is 5.75 Å². The molecule has 1 saturated heterocycles. The largest absolute Gasteiger partial charge is 0.497 e. The van der Waals surface area contributed by atoms with Crippen molar-refractivity contribution in [2.75, 3.05) is 30.0 Å². The molecule has 1 N–H and O–H groups in total. The number of ether oxygens (including phenoxy) is 1. The number of nitrogens with zero attached hydrogens (tertiary/aromatic N) is 2. The van der Waals surface area contributed by atoms with Crippen molar-refractivity contribution in [2.24, 2.45) is 5.92 Å². The Hall–Kier alpha value is -3.35. The van der Waals surface area contributed by atoms with Crippen LogP contribution >= 0.6 is 0 Å². The first kappa shape index (κ1) is 20.9. The number of hydrogen-bond donors (Lipinski definition) is 1. The van der Waals surface area contributed by atoms with Gasteiger partial charge in [-0.2, -0.15) is 0 Å². The number of amides is 3. The molecule has 1 fully saturated rings. The Bertz CT molecular complexity index is 1020. The highest BCUT2D eigenvalue weighted by molar-refractivity contribution is 6.01. The first-order chi connectivity index (χ1) is 14.9.